The summed E-state index contributed by atoms with van der Waals surface area (Å²) in [6.07, 6.45) is 1.85. The predicted molar refractivity (Wildman–Crippen MR) is 78.9 cm³/mol. The van der Waals surface area contributed by atoms with E-state index in [0.717, 1.165) is 45.6 Å². The van der Waals surface area contributed by atoms with Gasteiger partial charge in [-0.15, -0.1) is 11.3 Å². The van der Waals surface area contributed by atoms with Gasteiger partial charge in [0, 0.05) is 31.1 Å². The van der Waals surface area contributed by atoms with Gasteiger partial charge < -0.3 is 20.3 Å². The number of ether oxygens (including phenoxy) is 1. The number of hydrogen-bond donors (Lipinski definition) is 2. The lowest BCUT2D eigenvalue weighted by Gasteiger charge is -2.44. The number of urea groups is 1. The molecule has 2 amide bonds. The summed E-state index contributed by atoms with van der Waals surface area (Å²) in [5, 5.41) is 8.40. The highest BCUT2D eigenvalue weighted by molar-refractivity contribution is 7.09. The van der Waals surface area contributed by atoms with Crippen LogP contribution in [0, 0.1) is 0 Å². The summed E-state index contributed by atoms with van der Waals surface area (Å²) >= 11 is 1.67. The molecule has 0 aliphatic carbocycles. The molecule has 2 aliphatic heterocycles. The summed E-state index contributed by atoms with van der Waals surface area (Å²) in [4.78, 5) is 15.2. The number of morpholine rings is 1. The number of nitrogens with one attached hydrogen (secondary N) is 2. The van der Waals surface area contributed by atoms with Crippen molar-refractivity contribution >= 4 is 17.4 Å². The largest absolute Gasteiger partial charge is 0.372 e. The maximum absolute atomic E-state index is 12.1. The second-order valence-corrected chi connectivity index (χ2v) is 6.47. The molecule has 0 aromatic carbocycles. The van der Waals surface area contributed by atoms with Crippen LogP contribution in [-0.2, 0) is 11.3 Å². The van der Waals surface area contributed by atoms with E-state index in [0.29, 0.717) is 6.54 Å². The van der Waals surface area contributed by atoms with Gasteiger partial charge in [0.15, 0.2) is 0 Å². The molecule has 0 radical (unpaired) electrons. The maximum Gasteiger partial charge on any atom is 0.317 e. The van der Waals surface area contributed by atoms with Crippen molar-refractivity contribution in [1.82, 2.24) is 15.5 Å². The SMILES string of the molecule is O=C(NCc1cccs1)N1CCC2(CC1)CNCCO2. The van der Waals surface area contributed by atoms with E-state index in [-0.39, 0.29) is 11.6 Å². The van der Waals surface area contributed by atoms with E-state index in [2.05, 4.69) is 10.6 Å². The lowest BCUT2D eigenvalue weighted by atomic mass is 9.90. The van der Waals surface area contributed by atoms with Gasteiger partial charge in [-0.3, -0.25) is 0 Å². The Hall–Kier alpha value is -1.11. The van der Waals surface area contributed by atoms with Gasteiger partial charge in [0.1, 0.15) is 0 Å². The number of nitrogens with zero attached hydrogens (tertiary/aromatic N) is 1. The van der Waals surface area contributed by atoms with Crippen LogP contribution in [0.1, 0.15) is 17.7 Å². The fourth-order valence-electron chi connectivity index (χ4n) is 2.83. The van der Waals surface area contributed by atoms with Crippen molar-refractivity contribution in [2.75, 3.05) is 32.8 Å². The smallest absolute Gasteiger partial charge is 0.317 e. The number of thiophene rings is 1. The highest BCUT2D eigenvalue weighted by Crippen LogP contribution is 2.27. The summed E-state index contributed by atoms with van der Waals surface area (Å²) < 4.78 is 5.93. The highest BCUT2D eigenvalue weighted by Gasteiger charge is 2.37. The first-order valence-electron chi connectivity index (χ1n) is 7.17. The number of piperidine rings is 1. The van der Waals surface area contributed by atoms with Crippen LogP contribution < -0.4 is 10.6 Å². The van der Waals surface area contributed by atoms with Crippen LogP contribution in [0.3, 0.4) is 0 Å². The summed E-state index contributed by atoms with van der Waals surface area (Å²) in [5.74, 6) is 0. The average molecular weight is 295 g/mol. The van der Waals surface area contributed by atoms with Gasteiger partial charge in [0.05, 0.1) is 18.8 Å². The Kier molecular flexibility index (Phi) is 4.24. The number of carbonyl (C=O) groups is 1. The first-order chi connectivity index (χ1) is 9.77. The Labute approximate surface area is 123 Å². The van der Waals surface area contributed by atoms with Crippen molar-refractivity contribution in [3.63, 3.8) is 0 Å². The molecule has 1 spiro atoms. The van der Waals surface area contributed by atoms with E-state index < -0.39 is 0 Å². The lowest BCUT2D eigenvalue weighted by molar-refractivity contribution is -0.0946. The predicted octanol–water partition coefficient (Wildman–Crippen LogP) is 1.41. The van der Waals surface area contributed by atoms with Crippen molar-refractivity contribution in [1.29, 1.82) is 0 Å². The zero-order valence-corrected chi connectivity index (χ0v) is 12.4. The average Bonchev–Trinajstić information content (AvgIpc) is 3.00. The standard InChI is InChI=1S/C14H21N3O2S/c18-13(16-10-12-2-1-9-20-12)17-6-3-14(4-7-17)11-15-5-8-19-14/h1-2,9,15H,3-8,10-11H2,(H,16,18). The van der Waals surface area contributed by atoms with E-state index in [9.17, 15) is 4.79 Å². The van der Waals surface area contributed by atoms with Gasteiger partial charge in [-0.05, 0) is 24.3 Å². The molecule has 20 heavy (non-hydrogen) atoms. The Morgan fingerprint density at radius 3 is 3.00 bits per heavy atom. The van der Waals surface area contributed by atoms with Gasteiger partial charge in [-0.2, -0.15) is 0 Å². The zero-order valence-electron chi connectivity index (χ0n) is 11.6. The van der Waals surface area contributed by atoms with Crippen LogP contribution in [-0.4, -0.2) is 49.3 Å². The Morgan fingerprint density at radius 2 is 2.35 bits per heavy atom. The van der Waals surface area contributed by atoms with Crippen molar-refractivity contribution in [3.05, 3.63) is 22.4 Å². The third-order valence-electron chi connectivity index (χ3n) is 4.09. The lowest BCUT2D eigenvalue weighted by Crippen LogP contribution is -2.57. The van der Waals surface area contributed by atoms with Gasteiger partial charge in [-0.25, -0.2) is 4.79 Å². The van der Waals surface area contributed by atoms with Crippen molar-refractivity contribution in [2.24, 2.45) is 0 Å². The van der Waals surface area contributed by atoms with E-state index in [1.165, 1.54) is 4.88 Å². The molecule has 6 heteroatoms. The molecule has 5 nitrogen and oxygen atoms in total. The molecule has 2 fully saturated rings. The summed E-state index contributed by atoms with van der Waals surface area (Å²) in [7, 11) is 0. The van der Waals surface area contributed by atoms with E-state index >= 15 is 0 Å². The first-order valence-corrected chi connectivity index (χ1v) is 8.05. The van der Waals surface area contributed by atoms with Crippen LogP contribution in [0.2, 0.25) is 0 Å². The summed E-state index contributed by atoms with van der Waals surface area (Å²) in [6, 6.07) is 4.08. The first kappa shape index (κ1) is 13.9. The Morgan fingerprint density at radius 1 is 1.50 bits per heavy atom. The fraction of sp³-hybridized carbons (Fsp3) is 0.643. The molecular weight excluding hydrogens is 274 g/mol. The van der Waals surface area contributed by atoms with Gasteiger partial charge >= 0.3 is 6.03 Å². The molecule has 0 bridgehead atoms. The number of amides is 2. The minimum atomic E-state index is -0.0389. The third kappa shape index (κ3) is 3.13. The minimum Gasteiger partial charge on any atom is -0.372 e. The molecule has 3 heterocycles. The van der Waals surface area contributed by atoms with Crippen molar-refractivity contribution < 1.29 is 9.53 Å². The van der Waals surface area contributed by atoms with Crippen LogP contribution in [0.5, 0.6) is 0 Å². The van der Waals surface area contributed by atoms with E-state index in [1.807, 2.05) is 22.4 Å². The highest BCUT2D eigenvalue weighted by atomic mass is 32.1. The number of carbonyl (C=O) groups excluding carboxylic acids is 1. The Balaban J connectivity index is 1.46. The molecule has 2 aliphatic rings. The van der Waals surface area contributed by atoms with Gasteiger partial charge in [-0.1, -0.05) is 6.07 Å². The normalized spacial score (nSPS) is 21.9. The van der Waals surface area contributed by atoms with Crippen molar-refractivity contribution in [2.45, 2.75) is 25.0 Å². The number of likely N-dealkylation sites (tertiary alicyclic amines) is 1. The fourth-order valence-corrected chi connectivity index (χ4v) is 3.48. The van der Waals surface area contributed by atoms with Crippen LogP contribution >= 0.6 is 11.3 Å². The van der Waals surface area contributed by atoms with Crippen LogP contribution in [0.15, 0.2) is 17.5 Å². The van der Waals surface area contributed by atoms with Crippen molar-refractivity contribution in [3.8, 4) is 0 Å². The quantitative estimate of drug-likeness (QED) is 0.867. The second-order valence-electron chi connectivity index (χ2n) is 5.43. The molecule has 0 atom stereocenters. The van der Waals surface area contributed by atoms with E-state index in [1.54, 1.807) is 11.3 Å². The minimum absolute atomic E-state index is 0.0389. The second kappa shape index (κ2) is 6.11. The zero-order chi connectivity index (χ0) is 13.8. The summed E-state index contributed by atoms with van der Waals surface area (Å²) in [6.45, 7) is 4.81. The molecule has 1 aromatic heterocycles. The molecule has 110 valence electrons. The monoisotopic (exact) mass is 295 g/mol. The molecule has 0 unspecified atom stereocenters. The third-order valence-corrected chi connectivity index (χ3v) is 4.97. The van der Waals surface area contributed by atoms with E-state index in [4.69, 9.17) is 4.74 Å². The molecular formula is C14H21N3O2S. The molecule has 3 rings (SSSR count). The van der Waals surface area contributed by atoms with Gasteiger partial charge in [0.2, 0.25) is 0 Å². The molecule has 2 N–H and O–H groups in total. The molecule has 0 saturated carbocycles. The van der Waals surface area contributed by atoms with Crippen LogP contribution in [0.25, 0.3) is 0 Å². The maximum atomic E-state index is 12.1. The molecule has 1 aromatic rings. The van der Waals surface area contributed by atoms with Gasteiger partial charge in [0.25, 0.3) is 0 Å². The number of rotatable bonds is 2. The molecule has 2 saturated heterocycles. The summed E-state index contributed by atoms with van der Waals surface area (Å²) in [5.41, 5.74) is -0.0389. The Bertz CT molecular complexity index is 433. The topological polar surface area (TPSA) is 53.6 Å². The number of hydrogen-bond acceptors (Lipinski definition) is 4. The van der Waals surface area contributed by atoms with Crippen LogP contribution in [0.4, 0.5) is 4.79 Å².